The molecule has 0 aromatic carbocycles. The van der Waals surface area contributed by atoms with Gasteiger partial charge < -0.3 is 5.32 Å². The Morgan fingerprint density at radius 3 is 2.38 bits per heavy atom. The van der Waals surface area contributed by atoms with Crippen LogP contribution in [-0.4, -0.2) is 26.9 Å². The summed E-state index contributed by atoms with van der Waals surface area (Å²) in [6.45, 7) is 8.33. The molecule has 1 aromatic heterocycles. The molecule has 1 rings (SSSR count). The first-order valence-corrected chi connectivity index (χ1v) is 8.74. The zero-order chi connectivity index (χ0) is 16.4. The van der Waals surface area contributed by atoms with Crippen molar-refractivity contribution in [2.75, 3.05) is 18.9 Å². The van der Waals surface area contributed by atoms with Gasteiger partial charge in [-0.05, 0) is 11.3 Å². The highest BCUT2D eigenvalue weighted by Crippen LogP contribution is 2.36. The Kier molecular flexibility index (Phi) is 5.35. The normalized spacial score (nSPS) is 14.0. The summed E-state index contributed by atoms with van der Waals surface area (Å²) in [5.41, 5.74) is -0.258. The van der Waals surface area contributed by atoms with Crippen molar-refractivity contribution >= 4 is 32.0 Å². The first-order valence-electron chi connectivity index (χ1n) is 6.44. The lowest BCUT2D eigenvalue weighted by molar-refractivity contribution is -0.383. The highest BCUT2D eigenvalue weighted by Gasteiger charge is 2.27. The number of nitrogens with zero attached hydrogens (tertiary/aromatic N) is 1. The van der Waals surface area contributed by atoms with Crippen molar-refractivity contribution in [3.05, 3.63) is 16.2 Å². The van der Waals surface area contributed by atoms with E-state index in [1.165, 1.54) is 7.05 Å². The standard InChI is InChI=1S/C12H21N3O4S2/c1-8(12(2,3)4)7-14-21(18,19)10-6-9(15(16)17)11(13-5)20-10/h6,8,13-14H,7H2,1-5H3. The van der Waals surface area contributed by atoms with Gasteiger partial charge in [0.1, 0.15) is 4.21 Å². The maximum Gasteiger partial charge on any atom is 0.304 e. The number of rotatable bonds is 6. The summed E-state index contributed by atoms with van der Waals surface area (Å²) in [6.07, 6.45) is 0. The van der Waals surface area contributed by atoms with Crippen LogP contribution in [0.4, 0.5) is 10.7 Å². The van der Waals surface area contributed by atoms with Crippen LogP contribution >= 0.6 is 11.3 Å². The largest absolute Gasteiger partial charge is 0.374 e. The average Bonchev–Trinajstić information content (AvgIpc) is 2.79. The molecule has 0 bridgehead atoms. The number of nitro groups is 1. The maximum absolute atomic E-state index is 12.2. The van der Waals surface area contributed by atoms with E-state index in [4.69, 9.17) is 0 Å². The van der Waals surface area contributed by atoms with Crippen LogP contribution in [0.25, 0.3) is 0 Å². The summed E-state index contributed by atoms with van der Waals surface area (Å²) < 4.78 is 26.9. The third kappa shape index (κ3) is 4.39. The smallest absolute Gasteiger partial charge is 0.304 e. The Morgan fingerprint density at radius 1 is 1.43 bits per heavy atom. The molecule has 120 valence electrons. The fourth-order valence-corrected chi connectivity index (χ4v) is 3.87. The fraction of sp³-hybridized carbons (Fsp3) is 0.667. The summed E-state index contributed by atoms with van der Waals surface area (Å²) in [4.78, 5) is 10.3. The molecule has 0 saturated heterocycles. The first-order chi connectivity index (χ1) is 9.49. The average molecular weight is 335 g/mol. The molecule has 0 fully saturated rings. The summed E-state index contributed by atoms with van der Waals surface area (Å²) in [5.74, 6) is 0.131. The number of hydrogen-bond donors (Lipinski definition) is 2. The molecule has 0 amide bonds. The van der Waals surface area contributed by atoms with Gasteiger partial charge >= 0.3 is 5.69 Å². The monoisotopic (exact) mass is 335 g/mol. The van der Waals surface area contributed by atoms with Crippen molar-refractivity contribution < 1.29 is 13.3 Å². The fourth-order valence-electron chi connectivity index (χ4n) is 1.42. The van der Waals surface area contributed by atoms with E-state index in [0.29, 0.717) is 0 Å². The number of hydrogen-bond acceptors (Lipinski definition) is 6. The van der Waals surface area contributed by atoms with Crippen LogP contribution in [0.15, 0.2) is 10.3 Å². The predicted molar refractivity (Wildman–Crippen MR) is 84.3 cm³/mol. The van der Waals surface area contributed by atoms with Crippen molar-refractivity contribution in [3.63, 3.8) is 0 Å². The molecule has 7 nitrogen and oxygen atoms in total. The zero-order valence-electron chi connectivity index (χ0n) is 12.8. The number of sulfonamides is 1. The van der Waals surface area contributed by atoms with Crippen LogP contribution < -0.4 is 10.0 Å². The molecule has 1 unspecified atom stereocenters. The molecule has 2 N–H and O–H groups in total. The van der Waals surface area contributed by atoms with Crippen LogP contribution in [0.2, 0.25) is 0 Å². The van der Waals surface area contributed by atoms with Crippen LogP contribution in [-0.2, 0) is 10.0 Å². The molecule has 9 heteroatoms. The summed E-state index contributed by atoms with van der Waals surface area (Å²) in [7, 11) is -2.22. The van der Waals surface area contributed by atoms with Crippen LogP contribution in [0.5, 0.6) is 0 Å². The maximum atomic E-state index is 12.2. The Morgan fingerprint density at radius 2 is 2.00 bits per heavy atom. The van der Waals surface area contributed by atoms with E-state index >= 15 is 0 Å². The van der Waals surface area contributed by atoms with Gasteiger partial charge in [-0.3, -0.25) is 10.1 Å². The third-order valence-electron chi connectivity index (χ3n) is 3.44. The van der Waals surface area contributed by atoms with Gasteiger partial charge in [-0.2, -0.15) is 0 Å². The van der Waals surface area contributed by atoms with E-state index in [1.54, 1.807) is 0 Å². The van der Waals surface area contributed by atoms with Crippen LogP contribution in [0.3, 0.4) is 0 Å². The van der Waals surface area contributed by atoms with Crippen molar-refractivity contribution in [1.82, 2.24) is 4.72 Å². The number of anilines is 1. The van der Waals surface area contributed by atoms with Crippen molar-refractivity contribution in [3.8, 4) is 0 Å². The molecular weight excluding hydrogens is 314 g/mol. The Bertz CT molecular complexity index is 617. The van der Waals surface area contributed by atoms with Gasteiger partial charge in [0.25, 0.3) is 0 Å². The molecule has 0 aliphatic heterocycles. The molecular formula is C12H21N3O4S2. The predicted octanol–water partition coefficient (Wildman–Crippen LogP) is 2.66. The van der Waals surface area contributed by atoms with Gasteiger partial charge in [0, 0.05) is 19.7 Å². The second kappa shape index (κ2) is 6.29. The second-order valence-electron chi connectivity index (χ2n) is 5.91. The molecule has 0 aliphatic carbocycles. The molecule has 0 saturated carbocycles. The molecule has 0 spiro atoms. The van der Waals surface area contributed by atoms with E-state index in [1.807, 2.05) is 27.7 Å². The van der Waals surface area contributed by atoms with E-state index in [0.717, 1.165) is 17.4 Å². The van der Waals surface area contributed by atoms with Gasteiger partial charge in [-0.25, -0.2) is 13.1 Å². The summed E-state index contributed by atoms with van der Waals surface area (Å²) >= 11 is 0.851. The molecule has 21 heavy (non-hydrogen) atoms. The molecule has 1 atom stereocenters. The van der Waals surface area contributed by atoms with Crippen LogP contribution in [0.1, 0.15) is 27.7 Å². The van der Waals surface area contributed by atoms with Crippen molar-refractivity contribution in [1.29, 1.82) is 0 Å². The van der Waals surface area contributed by atoms with Gasteiger partial charge in [0.2, 0.25) is 10.0 Å². The zero-order valence-corrected chi connectivity index (χ0v) is 14.4. The summed E-state index contributed by atoms with van der Waals surface area (Å²) in [5, 5.41) is 13.7. The minimum Gasteiger partial charge on any atom is -0.374 e. The first kappa shape index (κ1) is 17.9. The minimum atomic E-state index is -3.74. The lowest BCUT2D eigenvalue weighted by atomic mass is 9.82. The topological polar surface area (TPSA) is 101 Å². The lowest BCUT2D eigenvalue weighted by Gasteiger charge is -2.27. The van der Waals surface area contributed by atoms with Crippen LogP contribution in [0, 0.1) is 21.4 Å². The Hall–Kier alpha value is -1.19. The molecule has 1 heterocycles. The number of nitrogens with one attached hydrogen (secondary N) is 2. The van der Waals surface area contributed by atoms with E-state index < -0.39 is 14.9 Å². The van der Waals surface area contributed by atoms with Gasteiger partial charge in [0.05, 0.1) is 4.92 Å². The van der Waals surface area contributed by atoms with Gasteiger partial charge in [-0.15, -0.1) is 0 Å². The van der Waals surface area contributed by atoms with E-state index in [-0.39, 0.29) is 32.8 Å². The highest BCUT2D eigenvalue weighted by atomic mass is 32.2. The molecule has 1 aromatic rings. The lowest BCUT2D eigenvalue weighted by Crippen LogP contribution is -2.33. The second-order valence-corrected chi connectivity index (χ2v) is 8.95. The van der Waals surface area contributed by atoms with Crippen molar-refractivity contribution in [2.45, 2.75) is 31.9 Å². The van der Waals surface area contributed by atoms with Gasteiger partial charge in [-0.1, -0.05) is 39.0 Å². The third-order valence-corrected chi connectivity index (χ3v) is 6.48. The van der Waals surface area contributed by atoms with E-state index in [2.05, 4.69) is 10.0 Å². The highest BCUT2D eigenvalue weighted by molar-refractivity contribution is 7.91. The SMILES string of the molecule is CNc1sc(S(=O)(=O)NCC(C)C(C)(C)C)cc1[N+](=O)[O-]. The van der Waals surface area contributed by atoms with E-state index in [9.17, 15) is 18.5 Å². The summed E-state index contributed by atoms with van der Waals surface area (Å²) in [6, 6.07) is 1.08. The Labute approximate surface area is 129 Å². The Balaban J connectivity index is 2.96. The molecule has 0 aliphatic rings. The number of thiophene rings is 1. The minimum absolute atomic E-state index is 0.0277. The van der Waals surface area contributed by atoms with Crippen molar-refractivity contribution in [2.24, 2.45) is 11.3 Å². The van der Waals surface area contributed by atoms with Gasteiger partial charge in [0.15, 0.2) is 5.00 Å². The quantitative estimate of drug-likeness (QED) is 0.615. The molecule has 0 radical (unpaired) electrons.